The zero-order chi connectivity index (χ0) is 15.4. The summed E-state index contributed by atoms with van der Waals surface area (Å²) >= 11 is 3.13. The maximum Gasteiger partial charge on any atom is 0.387 e. The molecular formula is C15H13BrF3NO. The van der Waals surface area contributed by atoms with Crippen LogP contribution in [-0.4, -0.2) is 6.61 Å². The molecule has 21 heavy (non-hydrogen) atoms. The fourth-order valence-electron chi connectivity index (χ4n) is 1.82. The lowest BCUT2D eigenvalue weighted by atomic mass is 10.1. The van der Waals surface area contributed by atoms with Gasteiger partial charge in [0.2, 0.25) is 0 Å². The van der Waals surface area contributed by atoms with Crippen molar-refractivity contribution in [2.75, 3.05) is 5.32 Å². The number of ether oxygens (including phenoxy) is 1. The molecule has 2 rings (SSSR count). The molecular weight excluding hydrogens is 347 g/mol. The number of anilines is 1. The van der Waals surface area contributed by atoms with Crippen molar-refractivity contribution in [1.82, 2.24) is 0 Å². The van der Waals surface area contributed by atoms with Crippen molar-refractivity contribution in [2.45, 2.75) is 20.1 Å². The van der Waals surface area contributed by atoms with Crippen LogP contribution in [0, 0.1) is 12.7 Å². The summed E-state index contributed by atoms with van der Waals surface area (Å²) < 4.78 is 42.2. The maximum absolute atomic E-state index is 13.5. The number of nitrogens with one attached hydrogen (secondary N) is 1. The Morgan fingerprint density at radius 3 is 2.48 bits per heavy atom. The van der Waals surface area contributed by atoms with Crippen molar-refractivity contribution in [3.05, 3.63) is 57.8 Å². The summed E-state index contributed by atoms with van der Waals surface area (Å²) in [5.41, 5.74) is 2.46. The Morgan fingerprint density at radius 2 is 1.86 bits per heavy atom. The van der Waals surface area contributed by atoms with Crippen molar-refractivity contribution >= 4 is 21.6 Å². The zero-order valence-electron chi connectivity index (χ0n) is 11.2. The van der Waals surface area contributed by atoms with Crippen LogP contribution in [0.25, 0.3) is 0 Å². The molecule has 112 valence electrons. The first-order valence-corrected chi connectivity index (χ1v) is 6.98. The van der Waals surface area contributed by atoms with Crippen molar-refractivity contribution < 1.29 is 17.9 Å². The van der Waals surface area contributed by atoms with Crippen LogP contribution in [0.4, 0.5) is 18.9 Å². The molecule has 0 bridgehead atoms. The van der Waals surface area contributed by atoms with E-state index in [-0.39, 0.29) is 11.6 Å². The van der Waals surface area contributed by atoms with Gasteiger partial charge in [0.25, 0.3) is 0 Å². The van der Waals surface area contributed by atoms with E-state index in [9.17, 15) is 13.2 Å². The minimum atomic E-state index is -2.83. The molecule has 0 fully saturated rings. The topological polar surface area (TPSA) is 21.3 Å². The van der Waals surface area contributed by atoms with Crippen molar-refractivity contribution in [2.24, 2.45) is 0 Å². The lowest BCUT2D eigenvalue weighted by Gasteiger charge is -2.11. The summed E-state index contributed by atoms with van der Waals surface area (Å²) in [6.07, 6.45) is 0. The molecule has 2 aromatic rings. The van der Waals surface area contributed by atoms with E-state index in [1.54, 1.807) is 18.2 Å². The highest BCUT2D eigenvalue weighted by atomic mass is 79.9. The van der Waals surface area contributed by atoms with Gasteiger partial charge in [-0.05, 0) is 58.2 Å². The normalized spacial score (nSPS) is 10.8. The predicted molar refractivity (Wildman–Crippen MR) is 79.2 cm³/mol. The lowest BCUT2D eigenvalue weighted by Crippen LogP contribution is -2.03. The smallest absolute Gasteiger partial charge is 0.387 e. The molecule has 2 nitrogen and oxygen atoms in total. The first kappa shape index (κ1) is 15.7. The number of halogens is 4. The number of rotatable bonds is 5. The Hall–Kier alpha value is -1.69. The third kappa shape index (κ3) is 4.39. The Labute approximate surface area is 129 Å². The SMILES string of the molecule is Cc1cc(Br)c(F)cc1NCc1ccc(OC(F)F)cc1. The fourth-order valence-corrected chi connectivity index (χ4v) is 2.28. The third-order valence-electron chi connectivity index (χ3n) is 2.90. The van der Waals surface area contributed by atoms with E-state index in [1.165, 1.54) is 18.2 Å². The van der Waals surface area contributed by atoms with Crippen LogP contribution in [0.2, 0.25) is 0 Å². The molecule has 1 N–H and O–H groups in total. The highest BCUT2D eigenvalue weighted by Crippen LogP contribution is 2.24. The second-order valence-electron chi connectivity index (χ2n) is 4.46. The van der Waals surface area contributed by atoms with Gasteiger partial charge in [-0.1, -0.05) is 12.1 Å². The highest BCUT2D eigenvalue weighted by molar-refractivity contribution is 9.10. The summed E-state index contributed by atoms with van der Waals surface area (Å²) in [7, 11) is 0. The average molecular weight is 360 g/mol. The molecule has 0 atom stereocenters. The fraction of sp³-hybridized carbons (Fsp3) is 0.200. The summed E-state index contributed by atoms with van der Waals surface area (Å²) in [6, 6.07) is 9.39. The summed E-state index contributed by atoms with van der Waals surface area (Å²) in [5.74, 6) is -0.233. The Balaban J connectivity index is 2.01. The van der Waals surface area contributed by atoms with Crippen LogP contribution < -0.4 is 10.1 Å². The molecule has 0 aromatic heterocycles. The van der Waals surface area contributed by atoms with Gasteiger partial charge in [-0.15, -0.1) is 0 Å². The molecule has 6 heteroatoms. The van der Waals surface area contributed by atoms with E-state index < -0.39 is 6.61 Å². The van der Waals surface area contributed by atoms with Gasteiger partial charge in [-0.2, -0.15) is 8.78 Å². The molecule has 0 aliphatic carbocycles. The minimum absolute atomic E-state index is 0.111. The second kappa shape index (κ2) is 6.85. The van der Waals surface area contributed by atoms with Gasteiger partial charge in [0.15, 0.2) is 0 Å². The minimum Gasteiger partial charge on any atom is -0.435 e. The number of benzene rings is 2. The third-order valence-corrected chi connectivity index (χ3v) is 3.51. The van der Waals surface area contributed by atoms with Crippen LogP contribution in [0.5, 0.6) is 5.75 Å². The Morgan fingerprint density at radius 1 is 1.19 bits per heavy atom. The van der Waals surface area contributed by atoms with Crippen LogP contribution in [0.1, 0.15) is 11.1 Å². The zero-order valence-corrected chi connectivity index (χ0v) is 12.8. The van der Waals surface area contributed by atoms with Gasteiger partial charge in [0.1, 0.15) is 11.6 Å². The molecule has 0 saturated carbocycles. The van der Waals surface area contributed by atoms with Gasteiger partial charge >= 0.3 is 6.61 Å². The quantitative estimate of drug-likeness (QED) is 0.800. The van der Waals surface area contributed by atoms with E-state index in [0.717, 1.165) is 11.1 Å². The molecule has 0 heterocycles. The van der Waals surface area contributed by atoms with Crippen molar-refractivity contribution in [1.29, 1.82) is 0 Å². The van der Waals surface area contributed by atoms with E-state index in [1.807, 2.05) is 6.92 Å². The number of alkyl halides is 2. The molecule has 2 aromatic carbocycles. The van der Waals surface area contributed by atoms with Crippen molar-refractivity contribution in [3.63, 3.8) is 0 Å². The number of hydrogen-bond acceptors (Lipinski definition) is 2. The van der Waals surface area contributed by atoms with Crippen molar-refractivity contribution in [3.8, 4) is 5.75 Å². The van der Waals surface area contributed by atoms with Gasteiger partial charge in [-0.3, -0.25) is 0 Å². The standard InChI is InChI=1S/C15H13BrF3NO/c1-9-6-12(16)13(17)7-14(9)20-8-10-2-4-11(5-3-10)21-15(18)19/h2-7,15,20H,8H2,1H3. The molecule has 0 saturated heterocycles. The van der Waals surface area contributed by atoms with E-state index in [0.29, 0.717) is 16.7 Å². The first-order valence-electron chi connectivity index (χ1n) is 6.19. The van der Waals surface area contributed by atoms with Gasteiger partial charge in [0, 0.05) is 12.2 Å². The highest BCUT2D eigenvalue weighted by Gasteiger charge is 2.06. The van der Waals surface area contributed by atoms with Gasteiger partial charge in [0.05, 0.1) is 4.47 Å². The van der Waals surface area contributed by atoms with Gasteiger partial charge in [-0.25, -0.2) is 4.39 Å². The molecule has 0 radical (unpaired) electrons. The van der Waals surface area contributed by atoms with Gasteiger partial charge < -0.3 is 10.1 Å². The molecule has 0 aliphatic heterocycles. The summed E-state index contributed by atoms with van der Waals surface area (Å²) in [4.78, 5) is 0. The Bertz CT molecular complexity index is 617. The van der Waals surface area contributed by atoms with E-state index in [2.05, 4.69) is 26.0 Å². The lowest BCUT2D eigenvalue weighted by molar-refractivity contribution is -0.0498. The maximum atomic E-state index is 13.5. The largest absolute Gasteiger partial charge is 0.435 e. The molecule has 0 spiro atoms. The second-order valence-corrected chi connectivity index (χ2v) is 5.31. The molecule has 0 amide bonds. The Kier molecular flexibility index (Phi) is 5.12. The molecule has 0 unspecified atom stereocenters. The molecule has 0 aliphatic rings. The van der Waals surface area contributed by atoms with Crippen LogP contribution >= 0.6 is 15.9 Å². The van der Waals surface area contributed by atoms with Crippen LogP contribution in [0.3, 0.4) is 0 Å². The number of hydrogen-bond donors (Lipinski definition) is 1. The first-order chi connectivity index (χ1) is 9.95. The average Bonchev–Trinajstić information content (AvgIpc) is 2.42. The summed E-state index contributed by atoms with van der Waals surface area (Å²) in [5, 5.41) is 3.11. The van der Waals surface area contributed by atoms with E-state index in [4.69, 9.17) is 0 Å². The monoisotopic (exact) mass is 359 g/mol. The summed E-state index contributed by atoms with van der Waals surface area (Å²) in [6.45, 7) is -0.509. The van der Waals surface area contributed by atoms with Crippen LogP contribution in [-0.2, 0) is 6.54 Å². The number of aryl methyl sites for hydroxylation is 1. The predicted octanol–water partition coefficient (Wildman–Crippen LogP) is 5.11. The van der Waals surface area contributed by atoms with Crippen LogP contribution in [0.15, 0.2) is 40.9 Å². The van der Waals surface area contributed by atoms with E-state index >= 15 is 0 Å².